The Morgan fingerprint density at radius 2 is 2.04 bits per heavy atom. The Morgan fingerprint density at radius 3 is 2.77 bits per heavy atom. The molecule has 1 aliphatic heterocycles. The van der Waals surface area contributed by atoms with Crippen LogP contribution in [0.4, 0.5) is 0 Å². The molecule has 5 nitrogen and oxygen atoms in total. The number of rotatable bonds is 5. The quantitative estimate of drug-likeness (QED) is 0.537. The van der Waals surface area contributed by atoms with Crippen LogP contribution in [0.3, 0.4) is 0 Å². The molecule has 1 aromatic rings. The van der Waals surface area contributed by atoms with E-state index in [4.69, 9.17) is 9.47 Å². The van der Waals surface area contributed by atoms with Crippen LogP contribution in [0.5, 0.6) is 0 Å². The standard InChI is InChI=1S/C20H22BrNO4/c1-12-17(20(24)26-11-10-25-2)18(13-6-3-4-7-14(13)21)19-15(22-12)8-5-9-16(19)23/h3-4,6-7,17-18H,5,8-11H2,1-2H3/t17?,18-/m0/s1. The van der Waals surface area contributed by atoms with Gasteiger partial charge in [-0.15, -0.1) is 0 Å². The molecular formula is C20H22BrNO4. The van der Waals surface area contributed by atoms with Crippen LogP contribution in [0.1, 0.15) is 37.7 Å². The first-order chi connectivity index (χ1) is 12.5. The van der Waals surface area contributed by atoms with Crippen LogP contribution in [0.2, 0.25) is 0 Å². The molecule has 0 N–H and O–H groups in total. The van der Waals surface area contributed by atoms with Gasteiger partial charge in [0.05, 0.1) is 6.61 Å². The number of ether oxygens (including phenoxy) is 2. The smallest absolute Gasteiger partial charge is 0.315 e. The van der Waals surface area contributed by atoms with Gasteiger partial charge in [-0.3, -0.25) is 14.6 Å². The highest BCUT2D eigenvalue weighted by molar-refractivity contribution is 9.10. The van der Waals surface area contributed by atoms with E-state index >= 15 is 0 Å². The van der Waals surface area contributed by atoms with Gasteiger partial charge in [0.25, 0.3) is 0 Å². The van der Waals surface area contributed by atoms with Gasteiger partial charge in [-0.1, -0.05) is 34.1 Å². The number of hydrogen-bond acceptors (Lipinski definition) is 5. The Balaban J connectivity index is 2.06. The molecule has 0 saturated carbocycles. The van der Waals surface area contributed by atoms with Gasteiger partial charge in [0.15, 0.2) is 5.78 Å². The summed E-state index contributed by atoms with van der Waals surface area (Å²) in [6, 6.07) is 7.72. The van der Waals surface area contributed by atoms with Crippen molar-refractivity contribution in [2.24, 2.45) is 10.9 Å². The Kier molecular flexibility index (Phi) is 6.04. The maximum atomic E-state index is 12.9. The Bertz CT molecular complexity index is 784. The van der Waals surface area contributed by atoms with Gasteiger partial charge in [0.2, 0.25) is 0 Å². The fourth-order valence-electron chi connectivity index (χ4n) is 3.69. The van der Waals surface area contributed by atoms with Crippen LogP contribution in [-0.2, 0) is 19.1 Å². The number of aliphatic imine (C=N–C) groups is 1. The average molecular weight is 420 g/mol. The first kappa shape index (κ1) is 19.0. The topological polar surface area (TPSA) is 65.0 Å². The average Bonchev–Trinajstić information content (AvgIpc) is 2.61. The first-order valence-corrected chi connectivity index (χ1v) is 9.55. The summed E-state index contributed by atoms with van der Waals surface area (Å²) in [7, 11) is 1.56. The summed E-state index contributed by atoms with van der Waals surface area (Å²) >= 11 is 3.58. The third-order valence-corrected chi connectivity index (χ3v) is 5.58. The number of nitrogens with zero attached hydrogens (tertiary/aromatic N) is 1. The molecule has 1 unspecified atom stereocenters. The van der Waals surface area contributed by atoms with E-state index < -0.39 is 5.92 Å². The molecule has 0 aromatic heterocycles. The molecular weight excluding hydrogens is 398 g/mol. The predicted molar refractivity (Wildman–Crippen MR) is 102 cm³/mol. The second-order valence-corrected chi connectivity index (χ2v) is 7.38. The van der Waals surface area contributed by atoms with Crippen molar-refractivity contribution < 1.29 is 19.1 Å². The highest BCUT2D eigenvalue weighted by Crippen LogP contribution is 2.45. The number of esters is 1. The van der Waals surface area contributed by atoms with Crippen LogP contribution in [0, 0.1) is 5.92 Å². The van der Waals surface area contributed by atoms with E-state index in [1.54, 1.807) is 7.11 Å². The summed E-state index contributed by atoms with van der Waals surface area (Å²) < 4.78 is 11.2. The lowest BCUT2D eigenvalue weighted by Gasteiger charge is -2.34. The number of carbonyl (C=O) groups is 2. The minimum atomic E-state index is -0.605. The fraction of sp³-hybridized carbons (Fsp3) is 0.450. The van der Waals surface area contributed by atoms with Gasteiger partial charge < -0.3 is 9.47 Å². The second-order valence-electron chi connectivity index (χ2n) is 6.53. The lowest BCUT2D eigenvalue weighted by molar-refractivity contribution is -0.147. The lowest BCUT2D eigenvalue weighted by atomic mass is 9.72. The van der Waals surface area contributed by atoms with Gasteiger partial charge in [0.1, 0.15) is 12.5 Å². The maximum absolute atomic E-state index is 12.9. The number of Topliss-reactive ketones (excluding diaryl/α,β-unsaturated/α-hetero) is 1. The third kappa shape index (κ3) is 3.67. The Hall–Kier alpha value is -1.79. The SMILES string of the molecule is COCCOC(=O)C1C(C)=NC2=C(C(=O)CCC2)[C@H]1c1ccccc1Br. The molecule has 0 radical (unpaired) electrons. The van der Waals surface area contributed by atoms with Crippen molar-refractivity contribution in [3.63, 3.8) is 0 Å². The van der Waals surface area contributed by atoms with Crippen molar-refractivity contribution in [2.75, 3.05) is 20.3 Å². The second kappa shape index (κ2) is 8.27. The normalized spacial score (nSPS) is 22.7. The number of halogens is 1. The number of carbonyl (C=O) groups excluding carboxylic acids is 2. The molecule has 3 rings (SSSR count). The van der Waals surface area contributed by atoms with E-state index in [0.717, 1.165) is 28.6 Å². The summed E-state index contributed by atoms with van der Waals surface area (Å²) in [5, 5.41) is 0. The van der Waals surface area contributed by atoms with Crippen molar-refractivity contribution in [2.45, 2.75) is 32.1 Å². The molecule has 0 amide bonds. The van der Waals surface area contributed by atoms with Crippen molar-refractivity contribution >= 4 is 33.4 Å². The number of hydrogen-bond donors (Lipinski definition) is 0. The van der Waals surface area contributed by atoms with Crippen molar-refractivity contribution in [1.82, 2.24) is 0 Å². The van der Waals surface area contributed by atoms with Crippen molar-refractivity contribution in [1.29, 1.82) is 0 Å². The van der Waals surface area contributed by atoms with Gasteiger partial charge >= 0.3 is 5.97 Å². The highest BCUT2D eigenvalue weighted by Gasteiger charge is 2.43. The number of benzene rings is 1. The largest absolute Gasteiger partial charge is 0.463 e. The van der Waals surface area contributed by atoms with E-state index in [0.29, 0.717) is 24.3 Å². The van der Waals surface area contributed by atoms with Gasteiger partial charge in [-0.2, -0.15) is 0 Å². The fourth-order valence-corrected chi connectivity index (χ4v) is 4.22. The first-order valence-electron chi connectivity index (χ1n) is 8.76. The van der Waals surface area contributed by atoms with Gasteiger partial charge in [-0.05, 0) is 31.4 Å². The molecule has 1 aliphatic carbocycles. The molecule has 0 fully saturated rings. The molecule has 1 heterocycles. The number of methoxy groups -OCH3 is 1. The van der Waals surface area contributed by atoms with Crippen LogP contribution in [0.25, 0.3) is 0 Å². The van der Waals surface area contributed by atoms with Gasteiger partial charge in [-0.25, -0.2) is 0 Å². The Morgan fingerprint density at radius 1 is 1.27 bits per heavy atom. The highest BCUT2D eigenvalue weighted by atomic mass is 79.9. The molecule has 1 aromatic carbocycles. The summed E-state index contributed by atoms with van der Waals surface area (Å²) in [4.78, 5) is 30.2. The molecule has 138 valence electrons. The minimum absolute atomic E-state index is 0.0814. The molecule has 2 aliphatic rings. The van der Waals surface area contributed by atoms with Crippen molar-refractivity contribution in [3.05, 3.63) is 45.6 Å². The van der Waals surface area contributed by atoms with E-state index in [-0.39, 0.29) is 24.3 Å². The van der Waals surface area contributed by atoms with Gasteiger partial charge in [0, 0.05) is 40.9 Å². The lowest BCUT2D eigenvalue weighted by Crippen LogP contribution is -2.37. The molecule has 0 bridgehead atoms. The molecule has 0 spiro atoms. The predicted octanol–water partition coefficient (Wildman–Crippen LogP) is 3.82. The maximum Gasteiger partial charge on any atom is 0.315 e. The van der Waals surface area contributed by atoms with E-state index in [2.05, 4.69) is 20.9 Å². The zero-order valence-electron chi connectivity index (χ0n) is 15.0. The van der Waals surface area contributed by atoms with Crippen LogP contribution in [0.15, 0.2) is 45.0 Å². The summed E-state index contributed by atoms with van der Waals surface area (Å²) in [5.74, 6) is -1.26. The van der Waals surface area contributed by atoms with Crippen molar-refractivity contribution in [3.8, 4) is 0 Å². The molecule has 6 heteroatoms. The zero-order chi connectivity index (χ0) is 18.7. The van der Waals surface area contributed by atoms with E-state index in [1.165, 1.54) is 0 Å². The summed E-state index contributed by atoms with van der Waals surface area (Å²) in [5.41, 5.74) is 3.10. The summed E-state index contributed by atoms with van der Waals surface area (Å²) in [6.45, 7) is 2.36. The summed E-state index contributed by atoms with van der Waals surface area (Å²) in [6.07, 6.45) is 2.07. The third-order valence-electron chi connectivity index (χ3n) is 4.86. The van der Waals surface area contributed by atoms with E-state index in [1.807, 2.05) is 31.2 Å². The molecule has 2 atom stereocenters. The zero-order valence-corrected chi connectivity index (χ0v) is 16.5. The number of ketones is 1. The minimum Gasteiger partial charge on any atom is -0.463 e. The molecule has 0 saturated heterocycles. The Labute approximate surface area is 161 Å². The van der Waals surface area contributed by atoms with Crippen LogP contribution >= 0.6 is 15.9 Å². The van der Waals surface area contributed by atoms with E-state index in [9.17, 15) is 9.59 Å². The van der Waals surface area contributed by atoms with Crippen LogP contribution in [-0.4, -0.2) is 37.8 Å². The molecule has 26 heavy (non-hydrogen) atoms. The number of allylic oxidation sites excluding steroid dienone is 2. The monoisotopic (exact) mass is 419 g/mol. The van der Waals surface area contributed by atoms with Crippen LogP contribution < -0.4 is 0 Å².